The van der Waals surface area contributed by atoms with Gasteiger partial charge in [-0.25, -0.2) is 0 Å². The van der Waals surface area contributed by atoms with Crippen molar-refractivity contribution in [3.8, 4) is 6.07 Å². The van der Waals surface area contributed by atoms with Crippen molar-refractivity contribution in [1.82, 2.24) is 5.32 Å². The van der Waals surface area contributed by atoms with E-state index in [1.54, 1.807) is 6.07 Å². The second-order valence-electron chi connectivity index (χ2n) is 3.33. The average Bonchev–Trinajstić information content (AvgIpc) is 2.34. The number of rotatable bonds is 2. The van der Waals surface area contributed by atoms with Crippen LogP contribution in [-0.4, -0.2) is 13.0 Å². The first-order chi connectivity index (χ1) is 8.40. The molecule has 0 bridgehead atoms. The molecule has 0 atom stereocenters. The van der Waals surface area contributed by atoms with Crippen LogP contribution in [0.1, 0.15) is 11.1 Å². The molecule has 0 spiro atoms. The number of nitriles is 1. The molecule has 1 amide bonds. The van der Waals surface area contributed by atoms with Crippen molar-refractivity contribution in [3.63, 3.8) is 0 Å². The molecule has 0 saturated heterocycles. The van der Waals surface area contributed by atoms with Crippen LogP contribution in [0.25, 0.3) is 6.08 Å². The first kappa shape index (κ1) is 13.8. The highest BCUT2D eigenvalue weighted by Crippen LogP contribution is 2.32. The van der Waals surface area contributed by atoms with Crippen LogP contribution in [0.5, 0.6) is 0 Å². The Labute approximate surface area is 102 Å². The maximum Gasteiger partial charge on any atom is 0.416 e. The summed E-state index contributed by atoms with van der Waals surface area (Å²) in [4.78, 5) is 11.2. The predicted molar refractivity (Wildman–Crippen MR) is 59.1 cm³/mol. The lowest BCUT2D eigenvalue weighted by atomic mass is 10.0. The summed E-state index contributed by atoms with van der Waals surface area (Å²) in [5.74, 6) is -0.727. The van der Waals surface area contributed by atoms with Gasteiger partial charge in [0.2, 0.25) is 0 Å². The molecule has 0 unspecified atom stereocenters. The van der Waals surface area contributed by atoms with E-state index >= 15 is 0 Å². The summed E-state index contributed by atoms with van der Waals surface area (Å²) in [6, 6.07) is 6.30. The zero-order chi connectivity index (χ0) is 13.8. The van der Waals surface area contributed by atoms with E-state index in [0.29, 0.717) is 0 Å². The summed E-state index contributed by atoms with van der Waals surface area (Å²) in [7, 11) is 1.29. The van der Waals surface area contributed by atoms with Crippen molar-refractivity contribution < 1.29 is 18.0 Å². The maximum atomic E-state index is 12.7. The first-order valence-corrected chi connectivity index (χ1v) is 4.90. The number of halogens is 3. The van der Waals surface area contributed by atoms with Gasteiger partial charge in [-0.3, -0.25) is 4.79 Å². The fourth-order valence-corrected chi connectivity index (χ4v) is 1.32. The van der Waals surface area contributed by atoms with Crippen molar-refractivity contribution in [2.75, 3.05) is 7.05 Å². The minimum Gasteiger partial charge on any atom is -0.354 e. The van der Waals surface area contributed by atoms with Crippen molar-refractivity contribution in [3.05, 3.63) is 41.0 Å². The molecule has 3 nitrogen and oxygen atoms in total. The molecule has 1 aromatic rings. The molecule has 0 aromatic heterocycles. The van der Waals surface area contributed by atoms with Gasteiger partial charge in [0.1, 0.15) is 11.6 Å². The average molecular weight is 254 g/mol. The molecular formula is C12H9F3N2O. The van der Waals surface area contributed by atoms with Crippen molar-refractivity contribution in [2.45, 2.75) is 6.18 Å². The molecule has 0 aliphatic heterocycles. The Morgan fingerprint density at radius 2 is 2.00 bits per heavy atom. The molecule has 18 heavy (non-hydrogen) atoms. The Hall–Kier alpha value is -2.29. The normalized spacial score (nSPS) is 11.8. The molecule has 0 saturated carbocycles. The van der Waals surface area contributed by atoms with Crippen LogP contribution >= 0.6 is 0 Å². The van der Waals surface area contributed by atoms with E-state index in [0.717, 1.165) is 12.1 Å². The lowest BCUT2D eigenvalue weighted by Crippen LogP contribution is -2.19. The van der Waals surface area contributed by atoms with Crippen LogP contribution in [0, 0.1) is 11.3 Å². The van der Waals surface area contributed by atoms with E-state index in [-0.39, 0.29) is 11.1 Å². The van der Waals surface area contributed by atoms with Gasteiger partial charge in [0, 0.05) is 7.05 Å². The number of carbonyl (C=O) groups excluding carboxylic acids is 1. The number of benzene rings is 1. The largest absolute Gasteiger partial charge is 0.416 e. The summed E-state index contributed by atoms with van der Waals surface area (Å²) in [5.41, 5.74) is -1.49. The second-order valence-corrected chi connectivity index (χ2v) is 3.33. The predicted octanol–water partition coefficient (Wildman–Crippen LogP) is 2.36. The van der Waals surface area contributed by atoms with Gasteiger partial charge in [-0.1, -0.05) is 18.2 Å². The lowest BCUT2D eigenvalue weighted by Gasteiger charge is -2.10. The van der Waals surface area contributed by atoms with Gasteiger partial charge in [-0.2, -0.15) is 18.4 Å². The number of nitrogens with zero attached hydrogens (tertiary/aromatic N) is 1. The summed E-state index contributed by atoms with van der Waals surface area (Å²) >= 11 is 0. The minimum absolute atomic E-state index is 0.217. The Balaban J connectivity index is 3.31. The molecular weight excluding hydrogens is 245 g/mol. The van der Waals surface area contributed by atoms with Crippen LogP contribution in [0.4, 0.5) is 13.2 Å². The fraction of sp³-hybridized carbons (Fsp3) is 0.167. The van der Waals surface area contributed by atoms with Crippen LogP contribution < -0.4 is 5.32 Å². The highest BCUT2D eigenvalue weighted by Gasteiger charge is 2.32. The second kappa shape index (κ2) is 5.36. The Morgan fingerprint density at radius 3 is 2.50 bits per heavy atom. The smallest absolute Gasteiger partial charge is 0.354 e. The van der Waals surface area contributed by atoms with E-state index in [4.69, 9.17) is 5.26 Å². The SMILES string of the molecule is CNC(=O)/C(C#N)=C/c1ccccc1C(F)(F)F. The van der Waals surface area contributed by atoms with Gasteiger partial charge in [0.25, 0.3) is 5.91 Å². The molecule has 0 heterocycles. The summed E-state index contributed by atoms with van der Waals surface area (Å²) < 4.78 is 38.0. The quantitative estimate of drug-likeness (QED) is 0.650. The number of nitrogens with one attached hydrogen (secondary N) is 1. The molecule has 0 aliphatic carbocycles. The molecule has 1 aromatic carbocycles. The third-order valence-electron chi connectivity index (χ3n) is 2.16. The molecule has 0 radical (unpaired) electrons. The number of likely N-dealkylation sites (N-methyl/N-ethyl adjacent to an activating group) is 1. The van der Waals surface area contributed by atoms with E-state index in [9.17, 15) is 18.0 Å². The molecule has 6 heteroatoms. The van der Waals surface area contributed by atoms with E-state index in [2.05, 4.69) is 5.32 Å². The van der Waals surface area contributed by atoms with Crippen LogP contribution in [0.15, 0.2) is 29.8 Å². The van der Waals surface area contributed by atoms with Gasteiger partial charge >= 0.3 is 6.18 Å². The highest BCUT2D eigenvalue weighted by atomic mass is 19.4. The standard InChI is InChI=1S/C12H9F3N2O/c1-17-11(18)9(7-16)6-8-4-2-3-5-10(8)12(13,14)15/h2-6H,1H3,(H,17,18)/b9-6+. The van der Waals surface area contributed by atoms with E-state index in [1.165, 1.54) is 25.2 Å². The van der Waals surface area contributed by atoms with Gasteiger partial charge < -0.3 is 5.32 Å². The third-order valence-corrected chi connectivity index (χ3v) is 2.16. The molecule has 0 fully saturated rings. The van der Waals surface area contributed by atoms with Crippen LogP contribution in [-0.2, 0) is 11.0 Å². The molecule has 0 aliphatic rings. The zero-order valence-electron chi connectivity index (χ0n) is 9.38. The molecule has 1 N–H and O–H groups in total. The van der Waals surface area contributed by atoms with Gasteiger partial charge in [-0.05, 0) is 17.7 Å². The number of amides is 1. The molecule has 94 valence electrons. The maximum absolute atomic E-state index is 12.7. The highest BCUT2D eigenvalue weighted by molar-refractivity contribution is 6.01. The lowest BCUT2D eigenvalue weighted by molar-refractivity contribution is -0.137. The monoisotopic (exact) mass is 254 g/mol. The van der Waals surface area contributed by atoms with Gasteiger partial charge in [0.15, 0.2) is 0 Å². The number of carbonyl (C=O) groups is 1. The van der Waals surface area contributed by atoms with Crippen molar-refractivity contribution in [2.24, 2.45) is 0 Å². The topological polar surface area (TPSA) is 52.9 Å². The first-order valence-electron chi connectivity index (χ1n) is 4.90. The van der Waals surface area contributed by atoms with Gasteiger partial charge in [0.05, 0.1) is 5.56 Å². The van der Waals surface area contributed by atoms with Crippen LogP contribution in [0.2, 0.25) is 0 Å². The number of alkyl halides is 3. The summed E-state index contributed by atoms with van der Waals surface area (Å²) in [6.07, 6.45) is -3.61. The number of hydrogen-bond acceptors (Lipinski definition) is 2. The minimum atomic E-state index is -4.53. The Morgan fingerprint density at radius 1 is 1.39 bits per heavy atom. The molecule has 1 rings (SSSR count). The van der Waals surface area contributed by atoms with Crippen molar-refractivity contribution >= 4 is 12.0 Å². The van der Waals surface area contributed by atoms with E-state index in [1.807, 2.05) is 0 Å². The third kappa shape index (κ3) is 3.10. The summed E-state index contributed by atoms with van der Waals surface area (Å²) in [5, 5.41) is 10.9. The van der Waals surface area contributed by atoms with Crippen molar-refractivity contribution in [1.29, 1.82) is 5.26 Å². The zero-order valence-corrected chi connectivity index (χ0v) is 9.38. The number of hydrogen-bond donors (Lipinski definition) is 1. The Bertz CT molecular complexity index is 527. The summed E-state index contributed by atoms with van der Waals surface area (Å²) in [6.45, 7) is 0. The van der Waals surface area contributed by atoms with E-state index < -0.39 is 17.6 Å². The fourth-order valence-electron chi connectivity index (χ4n) is 1.32. The van der Waals surface area contributed by atoms with Gasteiger partial charge in [-0.15, -0.1) is 0 Å². The Kier molecular flexibility index (Phi) is 4.10. The van der Waals surface area contributed by atoms with Crippen LogP contribution in [0.3, 0.4) is 0 Å².